The minimum Gasteiger partial charge on any atom is -0.308 e. The predicted molar refractivity (Wildman–Crippen MR) is 209 cm³/mol. The summed E-state index contributed by atoms with van der Waals surface area (Å²) in [5.74, 6) is 0. The van der Waals surface area contributed by atoms with E-state index in [-0.39, 0.29) is 0 Å². The molecule has 0 N–H and O–H groups in total. The molecule has 48 heavy (non-hydrogen) atoms. The Balaban J connectivity index is 1.18. The van der Waals surface area contributed by atoms with Gasteiger partial charge in [0.05, 0.1) is 16.1 Å². The number of hydrogen-bond acceptors (Lipinski definition) is 2. The first-order chi connectivity index (χ1) is 23.8. The summed E-state index contributed by atoms with van der Waals surface area (Å²) >= 11 is 1.88. The van der Waals surface area contributed by atoms with E-state index in [4.69, 9.17) is 0 Å². The maximum atomic E-state index is 2.47. The number of thiophene rings is 1. The average molecular weight is 628 g/mol. The molecule has 2 heteroatoms. The first-order valence-electron chi connectivity index (χ1n) is 16.4. The normalized spacial score (nSPS) is 11.8. The highest BCUT2D eigenvalue weighted by Crippen LogP contribution is 2.47. The molecule has 0 saturated carbocycles. The third kappa shape index (κ3) is 4.24. The van der Waals surface area contributed by atoms with Crippen molar-refractivity contribution in [2.24, 2.45) is 0 Å². The van der Waals surface area contributed by atoms with Gasteiger partial charge in [0, 0.05) is 26.5 Å². The number of hydrogen-bond donors (Lipinski definition) is 0. The molecule has 10 aromatic rings. The lowest BCUT2D eigenvalue weighted by Crippen LogP contribution is -2.10. The summed E-state index contributed by atoms with van der Waals surface area (Å²) in [4.78, 5) is 2.47. The van der Waals surface area contributed by atoms with Crippen LogP contribution in [0.15, 0.2) is 176 Å². The molecule has 0 aliphatic rings. The molecule has 0 spiro atoms. The fourth-order valence-corrected chi connectivity index (χ4v) is 8.74. The summed E-state index contributed by atoms with van der Waals surface area (Å²) in [5.41, 5.74) is 5.94. The molecule has 1 nitrogen and oxygen atoms in total. The highest BCUT2D eigenvalue weighted by atomic mass is 32.1. The summed E-state index contributed by atoms with van der Waals surface area (Å²) in [6.45, 7) is 0. The molecular weight excluding hydrogens is 599 g/mol. The second-order valence-electron chi connectivity index (χ2n) is 12.5. The second kappa shape index (κ2) is 10.8. The quantitative estimate of drug-likeness (QED) is 0.176. The molecule has 0 saturated heterocycles. The molecular formula is C46H29NS. The van der Waals surface area contributed by atoms with Crippen molar-refractivity contribution < 1.29 is 0 Å². The van der Waals surface area contributed by atoms with Crippen molar-refractivity contribution in [1.82, 2.24) is 0 Å². The highest BCUT2D eigenvalue weighted by Gasteiger charge is 2.21. The first kappa shape index (κ1) is 27.2. The third-order valence-electron chi connectivity index (χ3n) is 9.82. The van der Waals surface area contributed by atoms with Crippen molar-refractivity contribution >= 4 is 91.7 Å². The summed E-state index contributed by atoms with van der Waals surface area (Å²) in [5, 5.41) is 12.7. The lowest BCUT2D eigenvalue weighted by Gasteiger charge is -2.28. The van der Waals surface area contributed by atoms with Crippen molar-refractivity contribution in [3.63, 3.8) is 0 Å². The van der Waals surface area contributed by atoms with Gasteiger partial charge in [0.1, 0.15) is 0 Å². The monoisotopic (exact) mass is 627 g/mol. The molecule has 0 fully saturated rings. The molecule has 0 unspecified atom stereocenters. The van der Waals surface area contributed by atoms with Gasteiger partial charge < -0.3 is 4.90 Å². The second-order valence-corrected chi connectivity index (χ2v) is 13.6. The van der Waals surface area contributed by atoms with Crippen LogP contribution in [-0.4, -0.2) is 0 Å². The van der Waals surface area contributed by atoms with Crippen LogP contribution in [0.1, 0.15) is 0 Å². The van der Waals surface area contributed by atoms with Crippen LogP contribution in [0.2, 0.25) is 0 Å². The van der Waals surface area contributed by atoms with Gasteiger partial charge in [-0.25, -0.2) is 0 Å². The Morgan fingerprint density at radius 2 is 0.917 bits per heavy atom. The molecule has 0 amide bonds. The Kier molecular flexibility index (Phi) is 6.12. The summed E-state index contributed by atoms with van der Waals surface area (Å²) in [6.07, 6.45) is 0. The molecule has 1 heterocycles. The van der Waals surface area contributed by atoms with Gasteiger partial charge in [0.15, 0.2) is 0 Å². The van der Waals surface area contributed by atoms with Crippen LogP contribution >= 0.6 is 11.3 Å². The van der Waals surface area contributed by atoms with Crippen LogP contribution < -0.4 is 4.90 Å². The van der Waals surface area contributed by atoms with Crippen molar-refractivity contribution in [1.29, 1.82) is 0 Å². The zero-order chi connectivity index (χ0) is 31.6. The molecule has 0 bridgehead atoms. The van der Waals surface area contributed by atoms with Gasteiger partial charge in [0.25, 0.3) is 0 Å². The van der Waals surface area contributed by atoms with E-state index in [1.54, 1.807) is 0 Å². The molecule has 1 aromatic heterocycles. The Hall–Kier alpha value is -5.96. The number of fused-ring (bicyclic) bond motifs is 9. The van der Waals surface area contributed by atoms with E-state index < -0.39 is 0 Å². The van der Waals surface area contributed by atoms with Crippen LogP contribution in [-0.2, 0) is 0 Å². The number of benzene rings is 9. The number of nitrogens with zero attached hydrogens (tertiary/aromatic N) is 1. The van der Waals surface area contributed by atoms with E-state index in [1.165, 1.54) is 85.8 Å². The van der Waals surface area contributed by atoms with E-state index in [0.717, 1.165) is 5.69 Å². The molecule has 0 atom stereocenters. The maximum Gasteiger partial charge on any atom is 0.0640 e. The molecule has 0 aliphatic heterocycles. The van der Waals surface area contributed by atoms with Crippen LogP contribution in [0.3, 0.4) is 0 Å². The lowest BCUT2D eigenvalue weighted by molar-refractivity contribution is 1.32. The Bertz CT molecular complexity index is 2840. The topological polar surface area (TPSA) is 3.24 Å². The zero-order valence-corrected chi connectivity index (χ0v) is 26.9. The minimum atomic E-state index is 1.14. The van der Waals surface area contributed by atoms with Crippen molar-refractivity contribution in [2.75, 3.05) is 4.90 Å². The number of rotatable bonds is 4. The van der Waals surface area contributed by atoms with Gasteiger partial charge in [0.2, 0.25) is 0 Å². The highest BCUT2D eigenvalue weighted by molar-refractivity contribution is 7.26. The largest absolute Gasteiger partial charge is 0.308 e. The van der Waals surface area contributed by atoms with Gasteiger partial charge in [-0.3, -0.25) is 0 Å². The molecule has 10 rings (SSSR count). The molecule has 0 aliphatic carbocycles. The van der Waals surface area contributed by atoms with Crippen molar-refractivity contribution in [3.05, 3.63) is 176 Å². The summed E-state index contributed by atoms with van der Waals surface area (Å²) in [6, 6.07) is 64.5. The van der Waals surface area contributed by atoms with Gasteiger partial charge in [-0.15, -0.1) is 11.3 Å². The van der Waals surface area contributed by atoms with E-state index in [1.807, 2.05) is 11.3 Å². The summed E-state index contributed by atoms with van der Waals surface area (Å²) < 4.78 is 2.60. The minimum absolute atomic E-state index is 1.14. The molecule has 0 radical (unpaired) electrons. The van der Waals surface area contributed by atoms with Gasteiger partial charge >= 0.3 is 0 Å². The Labute approximate surface area is 282 Å². The third-order valence-corrected chi connectivity index (χ3v) is 11.0. The average Bonchev–Trinajstić information content (AvgIpc) is 3.54. The smallest absolute Gasteiger partial charge is 0.0640 e. The Morgan fingerprint density at radius 1 is 0.333 bits per heavy atom. The van der Waals surface area contributed by atoms with Crippen LogP contribution in [0.4, 0.5) is 17.1 Å². The Morgan fingerprint density at radius 3 is 1.75 bits per heavy atom. The number of anilines is 3. The van der Waals surface area contributed by atoms with E-state index in [2.05, 4.69) is 181 Å². The van der Waals surface area contributed by atoms with E-state index >= 15 is 0 Å². The van der Waals surface area contributed by atoms with Crippen molar-refractivity contribution in [2.45, 2.75) is 0 Å². The van der Waals surface area contributed by atoms with E-state index in [0.29, 0.717) is 0 Å². The fourth-order valence-electron chi connectivity index (χ4n) is 7.53. The van der Waals surface area contributed by atoms with Gasteiger partial charge in [-0.1, -0.05) is 140 Å². The fraction of sp³-hybridized carbons (Fsp3) is 0. The summed E-state index contributed by atoms with van der Waals surface area (Å²) in [7, 11) is 0. The van der Waals surface area contributed by atoms with Gasteiger partial charge in [-0.2, -0.15) is 0 Å². The predicted octanol–water partition coefficient (Wildman–Crippen LogP) is 13.8. The maximum absolute atomic E-state index is 2.47. The van der Waals surface area contributed by atoms with E-state index in [9.17, 15) is 0 Å². The molecule has 224 valence electrons. The van der Waals surface area contributed by atoms with Gasteiger partial charge in [-0.05, 0) is 85.2 Å². The zero-order valence-electron chi connectivity index (χ0n) is 26.1. The molecule has 9 aromatic carbocycles. The SMILES string of the molecule is c1ccc2c(c1)ccc1cc(-c3ccc(N(c4cc5ccccc5c5ccccc45)c4cccc5c4sc4ccccc45)cc3)ccc12. The van der Waals surface area contributed by atoms with Crippen LogP contribution in [0.5, 0.6) is 0 Å². The van der Waals surface area contributed by atoms with Crippen LogP contribution in [0.25, 0.3) is 74.4 Å². The first-order valence-corrected chi connectivity index (χ1v) is 17.2. The van der Waals surface area contributed by atoms with Crippen LogP contribution in [0, 0.1) is 0 Å². The lowest BCUT2D eigenvalue weighted by atomic mass is 9.97. The van der Waals surface area contributed by atoms with Crippen molar-refractivity contribution in [3.8, 4) is 11.1 Å². The standard InChI is InChI=1S/C46H29NS/c1-3-12-36-31(10-1)20-21-34-28-32(24-27-38(34)36)30-22-25-35(26-23-30)47(43-18-9-17-42-41-16-7-8-19-45(41)48-46(42)43)44-29-33-11-2-4-13-37(33)39-14-5-6-15-40(39)44/h1-29H.